The molecule has 0 aliphatic rings. The molecule has 0 bridgehead atoms. The summed E-state index contributed by atoms with van der Waals surface area (Å²) in [6.45, 7) is 6.89. The van der Waals surface area contributed by atoms with E-state index in [4.69, 9.17) is 9.47 Å². The van der Waals surface area contributed by atoms with Gasteiger partial charge in [-0.1, -0.05) is 25.1 Å². The molecule has 0 saturated heterocycles. The molecule has 0 spiro atoms. The summed E-state index contributed by atoms with van der Waals surface area (Å²) in [6, 6.07) is 9.71. The monoisotopic (exact) mass is 281 g/mol. The molecule has 1 aromatic rings. The van der Waals surface area contributed by atoms with Gasteiger partial charge in [0.25, 0.3) is 0 Å². The van der Waals surface area contributed by atoms with E-state index in [2.05, 4.69) is 12.2 Å². The summed E-state index contributed by atoms with van der Waals surface area (Å²) in [4.78, 5) is 0. The Hall–Kier alpha value is -1.10. The maximum Gasteiger partial charge on any atom is 0.119 e. The van der Waals surface area contributed by atoms with E-state index in [0.29, 0.717) is 19.8 Å². The van der Waals surface area contributed by atoms with E-state index >= 15 is 0 Å². The van der Waals surface area contributed by atoms with Gasteiger partial charge in [0.15, 0.2) is 0 Å². The number of hydrogen-bond donors (Lipinski definition) is 2. The van der Waals surface area contributed by atoms with E-state index in [9.17, 15) is 5.11 Å². The quantitative estimate of drug-likeness (QED) is 0.611. The summed E-state index contributed by atoms with van der Waals surface area (Å²) in [5.74, 6) is 0.862. The van der Waals surface area contributed by atoms with Crippen LogP contribution in [0.5, 0.6) is 5.75 Å². The van der Waals surface area contributed by atoms with E-state index in [1.807, 2.05) is 37.3 Å². The SMILES string of the molecule is CCCNC(C)(CO)CCOCCOc1ccccc1. The molecular weight excluding hydrogens is 254 g/mol. The average Bonchev–Trinajstić information content (AvgIpc) is 2.50. The molecule has 20 heavy (non-hydrogen) atoms. The molecule has 1 rings (SSSR count). The van der Waals surface area contributed by atoms with Crippen LogP contribution in [0, 0.1) is 0 Å². The van der Waals surface area contributed by atoms with Gasteiger partial charge >= 0.3 is 0 Å². The summed E-state index contributed by atoms with van der Waals surface area (Å²) in [7, 11) is 0. The molecule has 4 heteroatoms. The van der Waals surface area contributed by atoms with Gasteiger partial charge in [0.05, 0.1) is 13.2 Å². The third-order valence-corrected chi connectivity index (χ3v) is 3.19. The van der Waals surface area contributed by atoms with Crippen LogP contribution in [0.4, 0.5) is 0 Å². The lowest BCUT2D eigenvalue weighted by Gasteiger charge is -2.28. The van der Waals surface area contributed by atoms with Crippen LogP contribution in [-0.4, -0.2) is 43.6 Å². The van der Waals surface area contributed by atoms with Crippen molar-refractivity contribution in [1.82, 2.24) is 5.32 Å². The topological polar surface area (TPSA) is 50.7 Å². The Balaban J connectivity index is 2.08. The van der Waals surface area contributed by atoms with Crippen molar-refractivity contribution in [2.45, 2.75) is 32.2 Å². The molecular formula is C16H27NO3. The van der Waals surface area contributed by atoms with Crippen molar-refractivity contribution in [3.8, 4) is 5.75 Å². The van der Waals surface area contributed by atoms with Crippen LogP contribution < -0.4 is 10.1 Å². The van der Waals surface area contributed by atoms with Gasteiger partial charge in [-0.25, -0.2) is 0 Å². The summed E-state index contributed by atoms with van der Waals surface area (Å²) in [5.41, 5.74) is -0.254. The molecule has 1 unspecified atom stereocenters. The van der Waals surface area contributed by atoms with Crippen molar-refractivity contribution in [1.29, 1.82) is 0 Å². The Morgan fingerprint density at radius 3 is 2.55 bits per heavy atom. The van der Waals surface area contributed by atoms with Crippen molar-refractivity contribution in [3.05, 3.63) is 30.3 Å². The Kier molecular flexibility index (Phi) is 8.26. The standard InChI is InChI=1S/C16H27NO3/c1-3-10-17-16(2,14-18)9-11-19-12-13-20-15-7-5-4-6-8-15/h4-8,17-18H,3,9-14H2,1-2H3. The fourth-order valence-electron chi connectivity index (χ4n) is 1.78. The van der Waals surface area contributed by atoms with Gasteiger partial charge in [-0.15, -0.1) is 0 Å². The summed E-state index contributed by atoms with van der Waals surface area (Å²) in [5, 5.41) is 12.8. The highest BCUT2D eigenvalue weighted by Gasteiger charge is 2.21. The normalized spacial score (nSPS) is 13.9. The molecule has 114 valence electrons. The predicted octanol–water partition coefficient (Wildman–Crippen LogP) is 2.22. The van der Waals surface area contributed by atoms with Gasteiger partial charge in [-0.3, -0.25) is 0 Å². The maximum absolute atomic E-state index is 9.42. The van der Waals surface area contributed by atoms with Crippen molar-refractivity contribution in [2.24, 2.45) is 0 Å². The lowest BCUT2D eigenvalue weighted by atomic mass is 9.99. The first-order valence-corrected chi connectivity index (χ1v) is 7.31. The second-order valence-electron chi connectivity index (χ2n) is 5.17. The maximum atomic E-state index is 9.42. The van der Waals surface area contributed by atoms with Crippen LogP contribution in [-0.2, 0) is 4.74 Å². The minimum Gasteiger partial charge on any atom is -0.491 e. The lowest BCUT2D eigenvalue weighted by molar-refractivity contribution is 0.0691. The van der Waals surface area contributed by atoms with E-state index < -0.39 is 0 Å². The van der Waals surface area contributed by atoms with Crippen LogP contribution in [0.2, 0.25) is 0 Å². The van der Waals surface area contributed by atoms with Crippen molar-refractivity contribution in [2.75, 3.05) is 33.0 Å². The zero-order chi connectivity index (χ0) is 14.7. The first-order chi connectivity index (χ1) is 9.70. The number of aliphatic hydroxyl groups excluding tert-OH is 1. The Morgan fingerprint density at radius 2 is 1.90 bits per heavy atom. The van der Waals surface area contributed by atoms with E-state index in [1.165, 1.54) is 0 Å². The minimum absolute atomic E-state index is 0.122. The van der Waals surface area contributed by atoms with Crippen LogP contribution in [0.15, 0.2) is 30.3 Å². The molecule has 0 heterocycles. The molecule has 2 N–H and O–H groups in total. The molecule has 0 radical (unpaired) electrons. The zero-order valence-corrected chi connectivity index (χ0v) is 12.6. The summed E-state index contributed by atoms with van der Waals surface area (Å²) in [6.07, 6.45) is 1.84. The van der Waals surface area contributed by atoms with Gasteiger partial charge in [-0.05, 0) is 38.4 Å². The number of aliphatic hydroxyl groups is 1. The number of nitrogens with one attached hydrogen (secondary N) is 1. The minimum atomic E-state index is -0.254. The Morgan fingerprint density at radius 1 is 1.15 bits per heavy atom. The molecule has 0 aromatic heterocycles. The molecule has 1 atom stereocenters. The van der Waals surface area contributed by atoms with Crippen LogP contribution >= 0.6 is 0 Å². The van der Waals surface area contributed by atoms with Crippen molar-refractivity contribution in [3.63, 3.8) is 0 Å². The molecule has 1 aromatic carbocycles. The first-order valence-electron chi connectivity index (χ1n) is 7.31. The van der Waals surface area contributed by atoms with Gasteiger partial charge in [0.2, 0.25) is 0 Å². The Labute approximate surface area is 122 Å². The molecule has 0 saturated carbocycles. The lowest BCUT2D eigenvalue weighted by Crippen LogP contribution is -2.47. The summed E-state index contributed by atoms with van der Waals surface area (Å²) < 4.78 is 11.1. The van der Waals surface area contributed by atoms with Gasteiger partial charge in [0, 0.05) is 12.1 Å². The number of rotatable bonds is 11. The van der Waals surface area contributed by atoms with Gasteiger partial charge in [0.1, 0.15) is 12.4 Å². The second kappa shape index (κ2) is 9.75. The first kappa shape index (κ1) is 17.0. The van der Waals surface area contributed by atoms with Gasteiger partial charge in [-0.2, -0.15) is 0 Å². The molecule has 0 aliphatic heterocycles. The zero-order valence-electron chi connectivity index (χ0n) is 12.6. The van der Waals surface area contributed by atoms with Crippen molar-refractivity contribution >= 4 is 0 Å². The fraction of sp³-hybridized carbons (Fsp3) is 0.625. The third-order valence-electron chi connectivity index (χ3n) is 3.19. The molecule has 4 nitrogen and oxygen atoms in total. The van der Waals surface area contributed by atoms with Crippen LogP contribution in [0.3, 0.4) is 0 Å². The van der Waals surface area contributed by atoms with Gasteiger partial charge < -0.3 is 19.9 Å². The average molecular weight is 281 g/mol. The highest BCUT2D eigenvalue weighted by Crippen LogP contribution is 2.10. The molecule has 0 aliphatic carbocycles. The summed E-state index contributed by atoms with van der Waals surface area (Å²) >= 11 is 0. The smallest absolute Gasteiger partial charge is 0.119 e. The highest BCUT2D eigenvalue weighted by molar-refractivity contribution is 5.20. The molecule has 0 fully saturated rings. The number of para-hydroxylation sites is 1. The highest BCUT2D eigenvalue weighted by atomic mass is 16.5. The largest absolute Gasteiger partial charge is 0.491 e. The predicted molar refractivity (Wildman–Crippen MR) is 81.2 cm³/mol. The van der Waals surface area contributed by atoms with E-state index in [1.54, 1.807) is 0 Å². The number of hydrogen-bond acceptors (Lipinski definition) is 4. The second-order valence-corrected chi connectivity index (χ2v) is 5.17. The fourth-order valence-corrected chi connectivity index (χ4v) is 1.78. The van der Waals surface area contributed by atoms with Crippen LogP contribution in [0.1, 0.15) is 26.7 Å². The number of benzene rings is 1. The number of ether oxygens (including phenoxy) is 2. The molecule has 0 amide bonds. The Bertz CT molecular complexity index is 345. The van der Waals surface area contributed by atoms with Crippen LogP contribution in [0.25, 0.3) is 0 Å². The van der Waals surface area contributed by atoms with E-state index in [0.717, 1.165) is 25.1 Å². The third kappa shape index (κ3) is 6.89. The van der Waals surface area contributed by atoms with E-state index in [-0.39, 0.29) is 12.1 Å². The van der Waals surface area contributed by atoms with Crippen molar-refractivity contribution < 1.29 is 14.6 Å².